The lowest BCUT2D eigenvalue weighted by atomic mass is 10.2. The summed E-state index contributed by atoms with van der Waals surface area (Å²) in [6.45, 7) is 6.16. The Hall–Kier alpha value is -1.46. The number of rotatable bonds is 7. The largest absolute Gasteiger partial charge is 0.367 e. The fourth-order valence-electron chi connectivity index (χ4n) is 1.99. The summed E-state index contributed by atoms with van der Waals surface area (Å²) in [5, 5.41) is 5.53. The van der Waals surface area contributed by atoms with Gasteiger partial charge in [0.1, 0.15) is 0 Å². The topological polar surface area (TPSA) is 41.0 Å². The summed E-state index contributed by atoms with van der Waals surface area (Å²) in [6, 6.07) is 4.52. The van der Waals surface area contributed by atoms with Crippen LogP contribution < -0.4 is 10.2 Å². The van der Waals surface area contributed by atoms with E-state index in [1.54, 1.807) is 11.3 Å². The highest BCUT2D eigenvalue weighted by atomic mass is 32.1. The molecule has 0 aromatic carbocycles. The molecule has 1 atom stereocenters. The van der Waals surface area contributed by atoms with Crippen molar-refractivity contribution >= 4 is 17.0 Å². The zero-order valence-electron chi connectivity index (χ0n) is 12.3. The van der Waals surface area contributed by atoms with E-state index in [9.17, 15) is 0 Å². The predicted molar refractivity (Wildman–Crippen MR) is 85.2 cm³/mol. The molecule has 0 aliphatic heterocycles. The zero-order valence-corrected chi connectivity index (χ0v) is 13.2. The van der Waals surface area contributed by atoms with Crippen molar-refractivity contribution in [2.75, 3.05) is 18.5 Å². The number of nitrogens with one attached hydrogen (secondary N) is 1. The second-order valence-corrected chi connectivity index (χ2v) is 5.67. The molecule has 2 aromatic heterocycles. The van der Waals surface area contributed by atoms with Crippen LogP contribution in [0.4, 0.5) is 5.69 Å². The van der Waals surface area contributed by atoms with Crippen LogP contribution in [-0.2, 0) is 6.54 Å². The lowest BCUT2D eigenvalue weighted by molar-refractivity contribution is 0.558. The highest BCUT2D eigenvalue weighted by Crippen LogP contribution is 2.17. The van der Waals surface area contributed by atoms with Crippen LogP contribution >= 0.6 is 11.3 Å². The zero-order chi connectivity index (χ0) is 14.4. The number of hydrogen-bond acceptors (Lipinski definition) is 5. The van der Waals surface area contributed by atoms with Crippen LogP contribution in [0.25, 0.3) is 0 Å². The van der Waals surface area contributed by atoms with Crippen LogP contribution in [0.3, 0.4) is 0 Å². The number of anilines is 1. The maximum absolute atomic E-state index is 4.56. The Morgan fingerprint density at radius 3 is 2.80 bits per heavy atom. The smallest absolute Gasteiger partial charge is 0.0795 e. The van der Waals surface area contributed by atoms with Crippen LogP contribution in [-0.4, -0.2) is 23.6 Å². The van der Waals surface area contributed by atoms with E-state index in [1.165, 1.54) is 0 Å². The van der Waals surface area contributed by atoms with Crippen LogP contribution in [0.15, 0.2) is 29.2 Å². The van der Waals surface area contributed by atoms with Gasteiger partial charge in [0, 0.05) is 18.5 Å². The van der Waals surface area contributed by atoms with Gasteiger partial charge in [-0.1, -0.05) is 6.92 Å². The Balaban J connectivity index is 1.96. The maximum Gasteiger partial charge on any atom is 0.0795 e. The number of aromatic nitrogens is 2. The third kappa shape index (κ3) is 4.02. The minimum Gasteiger partial charge on any atom is -0.367 e. The first-order valence-corrected chi connectivity index (χ1v) is 7.92. The lowest BCUT2D eigenvalue weighted by Gasteiger charge is -2.19. The Morgan fingerprint density at radius 1 is 1.35 bits per heavy atom. The molecule has 0 saturated heterocycles. The second kappa shape index (κ2) is 7.36. The first-order valence-electron chi connectivity index (χ1n) is 6.98. The van der Waals surface area contributed by atoms with E-state index < -0.39 is 0 Å². The minimum atomic E-state index is 0.299. The molecular weight excluding hydrogens is 268 g/mol. The van der Waals surface area contributed by atoms with E-state index in [-0.39, 0.29) is 0 Å². The van der Waals surface area contributed by atoms with Gasteiger partial charge >= 0.3 is 0 Å². The molecule has 2 rings (SSSR count). The Morgan fingerprint density at radius 2 is 2.20 bits per heavy atom. The third-order valence-electron chi connectivity index (χ3n) is 3.24. The Kier molecular flexibility index (Phi) is 5.49. The quantitative estimate of drug-likeness (QED) is 0.850. The van der Waals surface area contributed by atoms with Gasteiger partial charge in [0.05, 0.1) is 35.3 Å². The van der Waals surface area contributed by atoms with Crippen molar-refractivity contribution in [3.8, 4) is 0 Å². The van der Waals surface area contributed by atoms with E-state index in [1.807, 2.05) is 11.7 Å². The van der Waals surface area contributed by atoms with Gasteiger partial charge in [0.15, 0.2) is 0 Å². The van der Waals surface area contributed by atoms with Crippen LogP contribution in [0.2, 0.25) is 0 Å². The third-order valence-corrected chi connectivity index (χ3v) is 3.87. The van der Waals surface area contributed by atoms with E-state index in [0.717, 1.165) is 36.6 Å². The molecule has 2 aromatic rings. The van der Waals surface area contributed by atoms with Crippen LogP contribution in [0, 0.1) is 0 Å². The van der Waals surface area contributed by atoms with Crippen molar-refractivity contribution in [2.24, 2.45) is 0 Å². The van der Waals surface area contributed by atoms with Crippen molar-refractivity contribution in [1.29, 1.82) is 0 Å². The maximum atomic E-state index is 4.56. The van der Waals surface area contributed by atoms with Crippen molar-refractivity contribution in [3.63, 3.8) is 0 Å². The molecular formula is C15H22N4S. The van der Waals surface area contributed by atoms with Gasteiger partial charge in [-0.3, -0.25) is 4.98 Å². The molecule has 0 aliphatic rings. The first-order chi connectivity index (χ1) is 9.70. The average Bonchev–Trinajstić information content (AvgIpc) is 2.97. The van der Waals surface area contributed by atoms with E-state index in [2.05, 4.69) is 58.6 Å². The van der Waals surface area contributed by atoms with Crippen molar-refractivity contribution < 1.29 is 0 Å². The lowest BCUT2D eigenvalue weighted by Crippen LogP contribution is -2.21. The molecule has 5 heteroatoms. The summed E-state index contributed by atoms with van der Waals surface area (Å²) in [5.74, 6) is 0. The molecule has 108 valence electrons. The summed E-state index contributed by atoms with van der Waals surface area (Å²) in [4.78, 5) is 11.0. The number of thiazole rings is 1. The first kappa shape index (κ1) is 14.9. The minimum absolute atomic E-state index is 0.299. The van der Waals surface area contributed by atoms with Gasteiger partial charge in [0.2, 0.25) is 0 Å². The number of hydrogen-bond donors (Lipinski definition) is 1. The van der Waals surface area contributed by atoms with Gasteiger partial charge in [-0.25, -0.2) is 4.98 Å². The number of pyridine rings is 1. The molecule has 1 unspecified atom stereocenters. The molecule has 4 nitrogen and oxygen atoms in total. The highest BCUT2D eigenvalue weighted by Gasteiger charge is 2.08. The summed E-state index contributed by atoms with van der Waals surface area (Å²) < 4.78 is 0. The van der Waals surface area contributed by atoms with E-state index in [4.69, 9.17) is 0 Å². The predicted octanol–water partition coefficient (Wildman–Crippen LogP) is 3.24. The monoisotopic (exact) mass is 290 g/mol. The highest BCUT2D eigenvalue weighted by molar-refractivity contribution is 7.07. The van der Waals surface area contributed by atoms with E-state index in [0.29, 0.717) is 6.04 Å². The summed E-state index contributed by atoms with van der Waals surface area (Å²) in [5.41, 5.74) is 5.17. The molecule has 1 N–H and O–H groups in total. The Labute approximate surface area is 124 Å². The molecule has 0 radical (unpaired) electrons. The second-order valence-electron chi connectivity index (χ2n) is 4.95. The Bertz CT molecular complexity index is 495. The summed E-state index contributed by atoms with van der Waals surface area (Å²) in [6.07, 6.45) is 3.07. The molecule has 20 heavy (non-hydrogen) atoms. The van der Waals surface area contributed by atoms with Crippen LogP contribution in [0.5, 0.6) is 0 Å². The summed E-state index contributed by atoms with van der Waals surface area (Å²) >= 11 is 1.63. The van der Waals surface area contributed by atoms with Crippen LogP contribution in [0.1, 0.15) is 37.7 Å². The molecule has 0 spiro atoms. The van der Waals surface area contributed by atoms with Gasteiger partial charge in [-0.05, 0) is 32.0 Å². The fourth-order valence-corrected chi connectivity index (χ4v) is 2.54. The molecule has 0 saturated carbocycles. The molecule has 0 fully saturated rings. The van der Waals surface area contributed by atoms with Gasteiger partial charge in [-0.2, -0.15) is 0 Å². The molecule has 2 heterocycles. The SMILES string of the molecule is CCCNC(C)c1ccc(N(C)Cc2cscn2)cn1. The molecule has 0 bridgehead atoms. The number of nitrogens with zero attached hydrogens (tertiary/aromatic N) is 3. The molecule has 0 aliphatic carbocycles. The fraction of sp³-hybridized carbons (Fsp3) is 0.467. The van der Waals surface area contributed by atoms with Gasteiger partial charge in [-0.15, -0.1) is 11.3 Å². The average molecular weight is 290 g/mol. The van der Waals surface area contributed by atoms with Crippen molar-refractivity contribution in [3.05, 3.63) is 40.6 Å². The standard InChI is InChI=1S/C15H22N4S/c1-4-7-16-12(2)15-6-5-14(8-17-15)19(3)9-13-10-20-11-18-13/h5-6,8,10-12,16H,4,7,9H2,1-3H3. The van der Waals surface area contributed by atoms with Crippen molar-refractivity contribution in [2.45, 2.75) is 32.9 Å². The van der Waals surface area contributed by atoms with Crippen molar-refractivity contribution in [1.82, 2.24) is 15.3 Å². The molecule has 0 amide bonds. The summed E-state index contributed by atoms with van der Waals surface area (Å²) in [7, 11) is 2.06. The van der Waals surface area contributed by atoms with Gasteiger partial charge in [0.25, 0.3) is 0 Å². The van der Waals surface area contributed by atoms with Gasteiger partial charge < -0.3 is 10.2 Å². The van der Waals surface area contributed by atoms with E-state index >= 15 is 0 Å². The normalized spacial score (nSPS) is 12.3.